The van der Waals surface area contributed by atoms with E-state index in [1.54, 1.807) is 12.4 Å². The number of benzene rings is 2. The summed E-state index contributed by atoms with van der Waals surface area (Å²) in [6.45, 7) is 0.262. The van der Waals surface area contributed by atoms with Gasteiger partial charge in [-0.15, -0.1) is 0 Å². The maximum absolute atomic E-state index is 12.4. The normalized spacial score (nSPS) is 12.8. The Morgan fingerprint density at radius 1 is 1.04 bits per heavy atom. The second kappa shape index (κ2) is 6.00. The second-order valence-corrected chi connectivity index (χ2v) is 5.32. The molecule has 0 saturated heterocycles. The van der Waals surface area contributed by atoms with Crippen molar-refractivity contribution >= 4 is 17.7 Å². The lowest BCUT2D eigenvalue weighted by Gasteiger charge is -2.17. The van der Waals surface area contributed by atoms with Crippen molar-refractivity contribution in [2.75, 3.05) is 11.9 Å². The first-order chi connectivity index (χ1) is 11.8. The van der Waals surface area contributed by atoms with Crippen LogP contribution in [0.5, 0.6) is 5.75 Å². The van der Waals surface area contributed by atoms with E-state index in [4.69, 9.17) is 4.74 Å². The van der Waals surface area contributed by atoms with Crippen LogP contribution in [0.2, 0.25) is 0 Å². The summed E-state index contributed by atoms with van der Waals surface area (Å²) < 4.78 is 5.61. The van der Waals surface area contributed by atoms with Crippen molar-refractivity contribution in [3.8, 4) is 11.4 Å². The number of carbonyl (C=O) groups excluding carboxylic acids is 1. The molecule has 0 fully saturated rings. The van der Waals surface area contributed by atoms with Crippen LogP contribution in [0.25, 0.3) is 11.8 Å². The highest BCUT2D eigenvalue weighted by Crippen LogP contribution is 2.26. The molecule has 1 aromatic heterocycles. The molecule has 3 aromatic rings. The van der Waals surface area contributed by atoms with Gasteiger partial charge in [0, 0.05) is 11.3 Å². The van der Waals surface area contributed by atoms with Crippen LogP contribution in [0, 0.1) is 0 Å². The van der Waals surface area contributed by atoms with Gasteiger partial charge in [0.05, 0.1) is 23.7 Å². The van der Waals surface area contributed by atoms with E-state index in [-0.39, 0.29) is 12.5 Å². The summed E-state index contributed by atoms with van der Waals surface area (Å²) in [5.74, 6) is 0.625. The lowest BCUT2D eigenvalue weighted by Crippen LogP contribution is -2.21. The number of anilines is 1. The molecule has 0 spiro atoms. The Bertz CT molecular complexity index is 899. The van der Waals surface area contributed by atoms with E-state index in [2.05, 4.69) is 15.5 Å². The summed E-state index contributed by atoms with van der Waals surface area (Å²) in [5, 5.41) is 11.0. The van der Waals surface area contributed by atoms with Crippen molar-refractivity contribution in [3.63, 3.8) is 0 Å². The smallest absolute Gasteiger partial charge is 0.255 e. The van der Waals surface area contributed by atoms with Gasteiger partial charge in [-0.2, -0.15) is 15.0 Å². The van der Waals surface area contributed by atoms with Crippen LogP contribution in [-0.2, 0) is 4.79 Å². The predicted molar refractivity (Wildman–Crippen MR) is 89.9 cm³/mol. The highest BCUT2D eigenvalue weighted by Gasteiger charge is 2.17. The van der Waals surface area contributed by atoms with Gasteiger partial charge in [0.25, 0.3) is 5.91 Å². The fraction of sp³-hybridized carbons (Fsp3) is 0.0556. The molecule has 1 amide bonds. The minimum absolute atomic E-state index is 0.172. The van der Waals surface area contributed by atoms with E-state index in [1.807, 2.05) is 54.6 Å². The van der Waals surface area contributed by atoms with E-state index in [0.717, 1.165) is 17.0 Å². The Balaban J connectivity index is 1.50. The van der Waals surface area contributed by atoms with Gasteiger partial charge < -0.3 is 10.1 Å². The lowest BCUT2D eigenvalue weighted by molar-refractivity contribution is -0.113. The minimum Gasteiger partial charge on any atom is -0.488 e. The third kappa shape index (κ3) is 2.77. The van der Waals surface area contributed by atoms with Crippen LogP contribution >= 0.6 is 0 Å². The monoisotopic (exact) mass is 318 g/mol. The first-order valence-electron chi connectivity index (χ1n) is 7.50. The van der Waals surface area contributed by atoms with Crippen molar-refractivity contribution < 1.29 is 9.53 Å². The molecular formula is C18H14N4O2. The van der Waals surface area contributed by atoms with Gasteiger partial charge in [0.1, 0.15) is 12.4 Å². The number of aromatic nitrogens is 3. The van der Waals surface area contributed by atoms with E-state index in [9.17, 15) is 4.79 Å². The van der Waals surface area contributed by atoms with Gasteiger partial charge in [0.15, 0.2) is 0 Å². The molecular weight excluding hydrogens is 304 g/mol. The number of rotatable bonds is 3. The van der Waals surface area contributed by atoms with Crippen LogP contribution in [0.15, 0.2) is 66.5 Å². The molecule has 0 unspecified atom stereocenters. The largest absolute Gasteiger partial charge is 0.488 e. The predicted octanol–water partition coefficient (Wildman–Crippen LogP) is 2.68. The van der Waals surface area contributed by atoms with Crippen LogP contribution in [0.3, 0.4) is 0 Å². The molecule has 24 heavy (non-hydrogen) atoms. The first-order valence-corrected chi connectivity index (χ1v) is 7.50. The van der Waals surface area contributed by atoms with Gasteiger partial charge in [-0.25, -0.2) is 0 Å². The second-order valence-electron chi connectivity index (χ2n) is 5.32. The van der Waals surface area contributed by atoms with Crippen LogP contribution in [0.1, 0.15) is 5.56 Å². The standard InChI is InChI=1S/C18H14N4O2/c23-18(14-11-13-3-1-2-4-17(13)24-12-14)21-15-5-7-16(8-6-15)22-19-9-10-20-22/h1-11H,12H2,(H,21,23). The lowest BCUT2D eigenvalue weighted by atomic mass is 10.1. The summed E-state index contributed by atoms with van der Waals surface area (Å²) in [7, 11) is 0. The van der Waals surface area contributed by atoms with Crippen molar-refractivity contribution in [2.45, 2.75) is 0 Å². The van der Waals surface area contributed by atoms with Crippen LogP contribution in [-0.4, -0.2) is 27.5 Å². The Hall–Kier alpha value is -3.41. The Labute approximate surface area is 138 Å². The number of para-hydroxylation sites is 1. The first kappa shape index (κ1) is 14.2. The molecule has 0 bridgehead atoms. The number of hydrogen-bond acceptors (Lipinski definition) is 4. The minimum atomic E-state index is -0.172. The number of fused-ring (bicyclic) bond motifs is 1. The maximum atomic E-state index is 12.4. The van der Waals surface area contributed by atoms with Gasteiger partial charge in [-0.05, 0) is 36.4 Å². The number of ether oxygens (including phenoxy) is 1. The molecule has 1 aliphatic rings. The molecule has 6 heteroatoms. The van der Waals surface area contributed by atoms with Gasteiger partial charge in [0.2, 0.25) is 0 Å². The molecule has 4 rings (SSSR count). The highest BCUT2D eigenvalue weighted by molar-refractivity contribution is 6.07. The summed E-state index contributed by atoms with van der Waals surface area (Å²) in [4.78, 5) is 13.9. The Morgan fingerprint density at radius 3 is 2.58 bits per heavy atom. The molecule has 118 valence electrons. The van der Waals surface area contributed by atoms with E-state index in [1.165, 1.54) is 4.80 Å². The van der Waals surface area contributed by atoms with Crippen molar-refractivity contribution in [2.24, 2.45) is 0 Å². The van der Waals surface area contributed by atoms with E-state index in [0.29, 0.717) is 11.3 Å². The summed E-state index contributed by atoms with van der Waals surface area (Å²) in [5.41, 5.74) is 3.03. The average molecular weight is 318 g/mol. The topological polar surface area (TPSA) is 69.0 Å². The number of nitrogens with zero attached hydrogens (tertiary/aromatic N) is 3. The SMILES string of the molecule is O=C(Nc1ccc(-n2nccn2)cc1)C1=Cc2ccccc2OC1. The summed E-state index contributed by atoms with van der Waals surface area (Å²) >= 11 is 0. The average Bonchev–Trinajstić information content (AvgIpc) is 3.16. The quantitative estimate of drug-likeness (QED) is 0.806. The van der Waals surface area contributed by atoms with Crippen molar-refractivity contribution in [1.29, 1.82) is 0 Å². The van der Waals surface area contributed by atoms with Crippen LogP contribution in [0.4, 0.5) is 5.69 Å². The van der Waals surface area contributed by atoms with E-state index >= 15 is 0 Å². The van der Waals surface area contributed by atoms with Gasteiger partial charge >= 0.3 is 0 Å². The molecule has 0 radical (unpaired) electrons. The summed E-state index contributed by atoms with van der Waals surface area (Å²) in [6, 6.07) is 15.0. The van der Waals surface area contributed by atoms with Gasteiger partial charge in [-0.1, -0.05) is 18.2 Å². The fourth-order valence-electron chi connectivity index (χ4n) is 2.49. The van der Waals surface area contributed by atoms with Crippen LogP contribution < -0.4 is 10.1 Å². The Kier molecular flexibility index (Phi) is 3.55. The molecule has 1 N–H and O–H groups in total. The van der Waals surface area contributed by atoms with Crippen molar-refractivity contribution in [1.82, 2.24) is 15.0 Å². The molecule has 0 saturated carbocycles. The molecule has 0 atom stereocenters. The zero-order valence-corrected chi connectivity index (χ0v) is 12.7. The molecule has 2 heterocycles. The third-order valence-electron chi connectivity index (χ3n) is 3.70. The van der Waals surface area contributed by atoms with Crippen molar-refractivity contribution in [3.05, 3.63) is 72.1 Å². The summed E-state index contributed by atoms with van der Waals surface area (Å²) in [6.07, 6.45) is 5.09. The molecule has 1 aliphatic heterocycles. The number of nitrogens with one attached hydrogen (secondary N) is 1. The zero-order valence-electron chi connectivity index (χ0n) is 12.7. The molecule has 6 nitrogen and oxygen atoms in total. The van der Waals surface area contributed by atoms with E-state index < -0.39 is 0 Å². The number of hydrogen-bond donors (Lipinski definition) is 1. The molecule has 2 aromatic carbocycles. The number of carbonyl (C=O) groups is 1. The molecule has 0 aliphatic carbocycles. The fourth-order valence-corrected chi connectivity index (χ4v) is 2.49. The Morgan fingerprint density at radius 2 is 1.79 bits per heavy atom. The van der Waals surface area contributed by atoms with Gasteiger partial charge in [-0.3, -0.25) is 4.79 Å². The zero-order chi connectivity index (χ0) is 16.4. The third-order valence-corrected chi connectivity index (χ3v) is 3.70. The maximum Gasteiger partial charge on any atom is 0.255 e. The number of amides is 1. The highest BCUT2D eigenvalue weighted by atomic mass is 16.5.